The molecule has 1 N–H and O–H groups in total. The lowest BCUT2D eigenvalue weighted by molar-refractivity contribution is -0.119. The van der Waals surface area contributed by atoms with Crippen molar-refractivity contribution < 1.29 is 13.2 Å². The molecule has 2 unspecified atom stereocenters. The molecule has 3 rings (SSSR count). The molecule has 1 aliphatic rings. The Hall–Kier alpha value is -1.73. The van der Waals surface area contributed by atoms with Crippen LogP contribution in [0.15, 0.2) is 40.7 Å². The second-order valence-electron chi connectivity index (χ2n) is 7.09. The van der Waals surface area contributed by atoms with Crippen molar-refractivity contribution in [1.29, 1.82) is 0 Å². The van der Waals surface area contributed by atoms with Gasteiger partial charge in [-0.1, -0.05) is 26.0 Å². The lowest BCUT2D eigenvalue weighted by atomic mass is 9.89. The minimum Gasteiger partial charge on any atom is -0.301 e. The van der Waals surface area contributed by atoms with Crippen molar-refractivity contribution in [3.05, 3.63) is 41.4 Å². The Morgan fingerprint density at radius 1 is 1.36 bits per heavy atom. The van der Waals surface area contributed by atoms with Crippen LogP contribution in [0.1, 0.15) is 32.3 Å². The van der Waals surface area contributed by atoms with Crippen LogP contribution in [-0.2, 0) is 20.0 Å². The summed E-state index contributed by atoms with van der Waals surface area (Å²) < 4.78 is 23.4. The average molecular weight is 379 g/mol. The summed E-state index contributed by atoms with van der Waals surface area (Å²) in [6.07, 6.45) is 4.58. The van der Waals surface area contributed by atoms with Gasteiger partial charge in [0, 0.05) is 17.8 Å². The molecule has 1 saturated carbocycles. The Morgan fingerprint density at radius 3 is 2.56 bits per heavy atom. The van der Waals surface area contributed by atoms with Crippen LogP contribution in [0.5, 0.6) is 0 Å². The molecule has 1 heterocycles. The first-order chi connectivity index (χ1) is 11.7. The number of benzene rings is 1. The minimum absolute atomic E-state index is 0.0554. The molecule has 5 nitrogen and oxygen atoms in total. The van der Waals surface area contributed by atoms with E-state index < -0.39 is 15.3 Å². The Morgan fingerprint density at radius 2 is 2.04 bits per heavy atom. The molecule has 1 aliphatic carbocycles. The first kappa shape index (κ1) is 18.1. The van der Waals surface area contributed by atoms with E-state index in [2.05, 4.69) is 24.1 Å². The largest absolute Gasteiger partial charge is 0.301 e. The molecule has 2 atom stereocenters. The Balaban J connectivity index is 1.91. The summed E-state index contributed by atoms with van der Waals surface area (Å²) in [5.41, 5.74) is 0.283. The van der Waals surface area contributed by atoms with E-state index in [1.807, 2.05) is 5.38 Å². The molecule has 1 aromatic heterocycles. The molecule has 25 heavy (non-hydrogen) atoms. The van der Waals surface area contributed by atoms with E-state index in [-0.39, 0.29) is 16.7 Å². The highest BCUT2D eigenvalue weighted by Crippen LogP contribution is 2.57. The van der Waals surface area contributed by atoms with Crippen molar-refractivity contribution in [2.75, 3.05) is 11.6 Å². The number of hydrogen-bond acceptors (Lipinski definition) is 5. The molecule has 7 heteroatoms. The average Bonchev–Trinajstić information content (AvgIpc) is 3.00. The number of anilines is 1. The number of rotatable bonds is 6. The smallest absolute Gasteiger partial charge is 0.237 e. The zero-order valence-corrected chi connectivity index (χ0v) is 16.2. The fourth-order valence-corrected chi connectivity index (χ4v) is 4.59. The molecule has 0 saturated heterocycles. The molecule has 1 amide bonds. The summed E-state index contributed by atoms with van der Waals surface area (Å²) in [7, 11) is -3.25. The summed E-state index contributed by atoms with van der Waals surface area (Å²) >= 11 is 1.39. The fraction of sp³-hybridized carbons (Fsp3) is 0.444. The van der Waals surface area contributed by atoms with Crippen molar-refractivity contribution in [2.45, 2.75) is 37.0 Å². The van der Waals surface area contributed by atoms with Crippen molar-refractivity contribution in [3.8, 4) is 0 Å². The lowest BCUT2D eigenvalue weighted by Crippen LogP contribution is -2.30. The molecule has 0 spiro atoms. The quantitative estimate of drug-likeness (QED) is 0.835. The van der Waals surface area contributed by atoms with E-state index in [4.69, 9.17) is 0 Å². The van der Waals surface area contributed by atoms with Crippen molar-refractivity contribution in [1.82, 2.24) is 4.98 Å². The molecular formula is C18H22N2O3S2. The standard InChI is InChI=1S/C18H22N2O3S2/c1-12(2)10-14-11-18(14,16(21)20-17-19-8-9-24-17)13-4-6-15(7-5-13)25(3,22)23/h4-9,12,14H,10-11H2,1-3H3,(H,19,20,21). The third-order valence-electron chi connectivity index (χ3n) is 4.72. The predicted molar refractivity (Wildman–Crippen MR) is 99.5 cm³/mol. The zero-order chi connectivity index (χ0) is 18.2. The second-order valence-corrected chi connectivity index (χ2v) is 10.0. The van der Waals surface area contributed by atoms with Gasteiger partial charge in [-0.25, -0.2) is 13.4 Å². The van der Waals surface area contributed by atoms with Gasteiger partial charge in [-0.05, 0) is 42.4 Å². The molecule has 2 aromatic rings. The number of aromatic nitrogens is 1. The highest BCUT2D eigenvalue weighted by atomic mass is 32.2. The number of sulfone groups is 1. The molecule has 0 aliphatic heterocycles. The summed E-state index contributed by atoms with van der Waals surface area (Å²) in [5, 5.41) is 5.33. The van der Waals surface area contributed by atoms with Crippen molar-refractivity contribution in [3.63, 3.8) is 0 Å². The van der Waals surface area contributed by atoms with Gasteiger partial charge in [0.15, 0.2) is 15.0 Å². The maximum atomic E-state index is 13.0. The Labute approximate surface area is 152 Å². The third-order valence-corrected chi connectivity index (χ3v) is 6.53. The molecule has 0 radical (unpaired) electrons. The third kappa shape index (κ3) is 3.62. The van der Waals surface area contributed by atoms with Crippen LogP contribution in [0.4, 0.5) is 5.13 Å². The van der Waals surface area contributed by atoms with Crippen LogP contribution >= 0.6 is 11.3 Å². The molecular weight excluding hydrogens is 356 g/mol. The first-order valence-electron chi connectivity index (χ1n) is 8.25. The number of hydrogen-bond donors (Lipinski definition) is 1. The van der Waals surface area contributed by atoms with E-state index in [1.54, 1.807) is 30.5 Å². The van der Waals surface area contributed by atoms with Gasteiger partial charge in [0.25, 0.3) is 0 Å². The van der Waals surface area contributed by atoms with Gasteiger partial charge in [-0.15, -0.1) is 11.3 Å². The normalized spacial score (nSPS) is 22.8. The van der Waals surface area contributed by atoms with Gasteiger partial charge in [-0.3, -0.25) is 4.79 Å². The van der Waals surface area contributed by atoms with Crippen LogP contribution in [0.2, 0.25) is 0 Å². The number of nitrogens with one attached hydrogen (secondary N) is 1. The van der Waals surface area contributed by atoms with E-state index in [0.29, 0.717) is 11.0 Å². The molecule has 1 aromatic carbocycles. The molecule has 1 fully saturated rings. The van der Waals surface area contributed by atoms with Gasteiger partial charge in [0.1, 0.15) is 0 Å². The van der Waals surface area contributed by atoms with E-state index in [0.717, 1.165) is 18.4 Å². The first-order valence-corrected chi connectivity index (χ1v) is 11.0. The van der Waals surface area contributed by atoms with E-state index >= 15 is 0 Å². The van der Waals surface area contributed by atoms with Gasteiger partial charge in [0.05, 0.1) is 10.3 Å². The number of nitrogens with zero attached hydrogens (tertiary/aromatic N) is 1. The summed E-state index contributed by atoms with van der Waals surface area (Å²) in [6.45, 7) is 4.29. The topological polar surface area (TPSA) is 76.1 Å². The maximum absolute atomic E-state index is 13.0. The summed E-state index contributed by atoms with van der Waals surface area (Å²) in [6, 6.07) is 6.73. The number of amides is 1. The van der Waals surface area contributed by atoms with Crippen LogP contribution in [0.3, 0.4) is 0 Å². The highest BCUT2D eigenvalue weighted by Gasteiger charge is 2.60. The van der Waals surface area contributed by atoms with Crippen LogP contribution in [0.25, 0.3) is 0 Å². The van der Waals surface area contributed by atoms with E-state index in [9.17, 15) is 13.2 Å². The monoisotopic (exact) mass is 378 g/mol. The van der Waals surface area contributed by atoms with Gasteiger partial charge >= 0.3 is 0 Å². The van der Waals surface area contributed by atoms with Gasteiger partial charge in [-0.2, -0.15) is 0 Å². The number of carbonyl (C=O) groups excluding carboxylic acids is 1. The van der Waals surface area contributed by atoms with Crippen LogP contribution < -0.4 is 5.32 Å². The summed E-state index contributed by atoms with van der Waals surface area (Å²) in [4.78, 5) is 17.4. The number of thiazole rings is 1. The fourth-order valence-electron chi connectivity index (χ4n) is 3.44. The van der Waals surface area contributed by atoms with Crippen LogP contribution in [0, 0.1) is 11.8 Å². The Kier molecular flexibility index (Phi) is 4.72. The number of carbonyl (C=O) groups is 1. The SMILES string of the molecule is CC(C)CC1CC1(C(=O)Nc1nccs1)c1ccc(S(C)(=O)=O)cc1. The molecule has 0 bridgehead atoms. The minimum atomic E-state index is -3.25. The second kappa shape index (κ2) is 6.53. The Bertz CT molecular complexity index is 858. The lowest BCUT2D eigenvalue weighted by Gasteiger charge is -2.18. The van der Waals surface area contributed by atoms with E-state index in [1.165, 1.54) is 17.6 Å². The van der Waals surface area contributed by atoms with Gasteiger partial charge < -0.3 is 5.32 Å². The summed E-state index contributed by atoms with van der Waals surface area (Å²) in [5.74, 6) is 0.701. The molecule has 134 valence electrons. The highest BCUT2D eigenvalue weighted by molar-refractivity contribution is 7.90. The van der Waals surface area contributed by atoms with Crippen LogP contribution in [-0.4, -0.2) is 25.6 Å². The van der Waals surface area contributed by atoms with Gasteiger partial charge in [0.2, 0.25) is 5.91 Å². The van der Waals surface area contributed by atoms with Crippen molar-refractivity contribution in [2.24, 2.45) is 11.8 Å². The zero-order valence-electron chi connectivity index (χ0n) is 14.5. The maximum Gasteiger partial charge on any atom is 0.237 e. The van der Waals surface area contributed by atoms with Crippen molar-refractivity contribution >= 4 is 32.2 Å². The predicted octanol–water partition coefficient (Wildman–Crippen LogP) is 3.49.